The number of ether oxygens (including phenoxy) is 1. The van der Waals surface area contributed by atoms with E-state index in [0.29, 0.717) is 45.4 Å². The summed E-state index contributed by atoms with van der Waals surface area (Å²) in [6.45, 7) is 0.966. The molecule has 0 radical (unpaired) electrons. The van der Waals surface area contributed by atoms with Gasteiger partial charge in [-0.2, -0.15) is 26.3 Å². The van der Waals surface area contributed by atoms with Crippen molar-refractivity contribution >= 4 is 27.5 Å². The number of carbonyl (C=O) groups excluding carboxylic acids is 1. The number of nitrogens with zero attached hydrogens (tertiary/aromatic N) is 3. The summed E-state index contributed by atoms with van der Waals surface area (Å²) in [6.07, 6.45) is -7.56. The van der Waals surface area contributed by atoms with Gasteiger partial charge in [0.15, 0.2) is 0 Å². The van der Waals surface area contributed by atoms with Gasteiger partial charge in [0.2, 0.25) is 5.88 Å². The van der Waals surface area contributed by atoms with E-state index in [-0.39, 0.29) is 33.8 Å². The van der Waals surface area contributed by atoms with Crippen LogP contribution < -0.4 is 10.1 Å². The van der Waals surface area contributed by atoms with E-state index in [1.807, 2.05) is 0 Å². The smallest absolute Gasteiger partial charge is 0.418 e. The standard InChI is InChI=1S/C21H24F6N4O2S/c1-28-19(32)14-10-34-18-15(21(25,26)27)8-16(29-17(14)18)33-13-3-6-31(7-4-13)12-2-5-30(9-12)11-20(22,23)24/h8,10,12-13H,2-7,9,11H2,1H3,(H,28,32). The van der Waals surface area contributed by atoms with Crippen LogP contribution in [0.4, 0.5) is 26.3 Å². The van der Waals surface area contributed by atoms with Crippen molar-refractivity contribution in [1.82, 2.24) is 20.1 Å². The lowest BCUT2D eigenvalue weighted by atomic mass is 10.0. The molecule has 1 amide bonds. The molecule has 34 heavy (non-hydrogen) atoms. The van der Waals surface area contributed by atoms with Crippen molar-refractivity contribution in [2.45, 2.75) is 43.8 Å². The summed E-state index contributed by atoms with van der Waals surface area (Å²) < 4.78 is 84.6. The molecule has 188 valence electrons. The number of hydrogen-bond donors (Lipinski definition) is 1. The lowest BCUT2D eigenvalue weighted by Gasteiger charge is -2.36. The second kappa shape index (κ2) is 9.50. The topological polar surface area (TPSA) is 57.7 Å². The van der Waals surface area contributed by atoms with Crippen LogP contribution in [0.3, 0.4) is 0 Å². The molecular formula is C21H24F6N4O2S. The van der Waals surface area contributed by atoms with Gasteiger partial charge in [0.05, 0.1) is 27.9 Å². The van der Waals surface area contributed by atoms with Crippen molar-refractivity contribution in [2.75, 3.05) is 39.8 Å². The SMILES string of the molecule is CNC(=O)c1csc2c(C(F)(F)F)cc(OC3CCN(C4CCN(CC(F)(F)F)C4)CC3)nc12. The molecule has 4 rings (SSSR count). The zero-order valence-corrected chi connectivity index (χ0v) is 19.1. The summed E-state index contributed by atoms with van der Waals surface area (Å²) in [7, 11) is 1.39. The van der Waals surface area contributed by atoms with Gasteiger partial charge >= 0.3 is 12.4 Å². The molecule has 13 heteroatoms. The number of carbonyl (C=O) groups is 1. The van der Waals surface area contributed by atoms with Crippen molar-refractivity contribution in [3.8, 4) is 5.88 Å². The number of rotatable bonds is 5. The average Bonchev–Trinajstić information content (AvgIpc) is 3.38. The highest BCUT2D eigenvalue weighted by molar-refractivity contribution is 7.17. The molecule has 1 N–H and O–H groups in total. The van der Waals surface area contributed by atoms with Crippen LogP contribution >= 0.6 is 11.3 Å². The van der Waals surface area contributed by atoms with Crippen LogP contribution in [0.5, 0.6) is 5.88 Å². The van der Waals surface area contributed by atoms with Gasteiger partial charge in [-0.3, -0.25) is 14.6 Å². The van der Waals surface area contributed by atoms with Crippen LogP contribution in [-0.2, 0) is 6.18 Å². The Balaban J connectivity index is 1.43. The Morgan fingerprint density at radius 3 is 2.50 bits per heavy atom. The molecule has 0 aliphatic carbocycles. The van der Waals surface area contributed by atoms with E-state index in [1.54, 1.807) is 0 Å². The Kier molecular flexibility index (Phi) is 6.98. The monoisotopic (exact) mass is 510 g/mol. The van der Waals surface area contributed by atoms with E-state index < -0.39 is 30.4 Å². The van der Waals surface area contributed by atoms with E-state index in [2.05, 4.69) is 15.2 Å². The van der Waals surface area contributed by atoms with Crippen molar-refractivity contribution < 1.29 is 35.9 Å². The molecule has 2 saturated heterocycles. The first-order valence-electron chi connectivity index (χ1n) is 10.9. The highest BCUT2D eigenvalue weighted by atomic mass is 32.1. The number of halogens is 6. The third-order valence-electron chi connectivity index (χ3n) is 6.21. The van der Waals surface area contributed by atoms with Crippen LogP contribution in [0.2, 0.25) is 0 Å². The number of fused-ring (bicyclic) bond motifs is 1. The highest BCUT2D eigenvalue weighted by Crippen LogP contribution is 2.40. The van der Waals surface area contributed by atoms with Gasteiger partial charge in [0.1, 0.15) is 6.10 Å². The minimum absolute atomic E-state index is 0.0236. The van der Waals surface area contributed by atoms with E-state index in [4.69, 9.17) is 4.74 Å². The maximum atomic E-state index is 13.7. The Hall–Kier alpha value is -2.12. The Morgan fingerprint density at radius 2 is 1.88 bits per heavy atom. The predicted molar refractivity (Wildman–Crippen MR) is 114 cm³/mol. The normalized spacial score (nSPS) is 21.3. The van der Waals surface area contributed by atoms with Crippen molar-refractivity contribution in [2.24, 2.45) is 0 Å². The summed E-state index contributed by atoms with van der Waals surface area (Å²) >= 11 is 0.804. The number of likely N-dealkylation sites (tertiary alicyclic amines) is 2. The van der Waals surface area contributed by atoms with E-state index in [1.165, 1.54) is 17.3 Å². The minimum Gasteiger partial charge on any atom is -0.474 e. The molecule has 6 nitrogen and oxygen atoms in total. The van der Waals surface area contributed by atoms with E-state index in [9.17, 15) is 31.1 Å². The molecule has 2 aromatic rings. The molecule has 4 heterocycles. The summed E-state index contributed by atoms with van der Waals surface area (Å²) in [5, 5.41) is 3.74. The number of aromatic nitrogens is 1. The van der Waals surface area contributed by atoms with E-state index >= 15 is 0 Å². The van der Waals surface area contributed by atoms with Gasteiger partial charge in [-0.15, -0.1) is 11.3 Å². The highest BCUT2D eigenvalue weighted by Gasteiger charge is 2.38. The van der Waals surface area contributed by atoms with Gasteiger partial charge in [-0.05, 0) is 19.3 Å². The zero-order chi connectivity index (χ0) is 24.7. The summed E-state index contributed by atoms with van der Waals surface area (Å²) in [5.74, 6) is -0.729. The lowest BCUT2D eigenvalue weighted by Crippen LogP contribution is -2.45. The maximum Gasteiger partial charge on any atom is 0.418 e. The summed E-state index contributed by atoms with van der Waals surface area (Å²) in [6, 6.07) is 0.890. The third-order valence-corrected chi connectivity index (χ3v) is 7.21. The van der Waals surface area contributed by atoms with Gasteiger partial charge in [0.25, 0.3) is 5.91 Å². The molecule has 1 atom stereocenters. The zero-order valence-electron chi connectivity index (χ0n) is 18.3. The molecule has 2 aliphatic heterocycles. The average molecular weight is 511 g/mol. The van der Waals surface area contributed by atoms with Crippen LogP contribution in [0.1, 0.15) is 35.2 Å². The Morgan fingerprint density at radius 1 is 1.18 bits per heavy atom. The van der Waals surface area contributed by atoms with Crippen molar-refractivity contribution in [1.29, 1.82) is 0 Å². The molecule has 0 aromatic carbocycles. The lowest BCUT2D eigenvalue weighted by molar-refractivity contribution is -0.144. The number of thiophene rings is 1. The van der Waals surface area contributed by atoms with Gasteiger partial charge in [0, 0.05) is 50.7 Å². The van der Waals surface area contributed by atoms with Crippen LogP contribution in [-0.4, -0.2) is 78.8 Å². The second-order valence-corrected chi connectivity index (χ2v) is 9.44. The molecule has 0 spiro atoms. The van der Waals surface area contributed by atoms with Crippen LogP contribution in [0, 0.1) is 0 Å². The number of pyridine rings is 1. The largest absolute Gasteiger partial charge is 0.474 e. The molecule has 1 unspecified atom stereocenters. The molecule has 2 aromatic heterocycles. The number of hydrogen-bond acceptors (Lipinski definition) is 6. The first-order chi connectivity index (χ1) is 15.9. The van der Waals surface area contributed by atoms with Crippen LogP contribution in [0.15, 0.2) is 11.4 Å². The van der Waals surface area contributed by atoms with Gasteiger partial charge in [-0.1, -0.05) is 0 Å². The quantitative estimate of drug-likeness (QED) is 0.613. The molecule has 0 saturated carbocycles. The van der Waals surface area contributed by atoms with Gasteiger partial charge in [-0.25, -0.2) is 4.98 Å². The Bertz CT molecular complexity index is 1030. The van der Waals surface area contributed by atoms with Crippen molar-refractivity contribution in [3.05, 3.63) is 22.6 Å². The van der Waals surface area contributed by atoms with Crippen LogP contribution in [0.25, 0.3) is 10.2 Å². The minimum atomic E-state index is -4.64. The number of alkyl halides is 6. The number of nitrogens with one attached hydrogen (secondary N) is 1. The molecular weight excluding hydrogens is 486 g/mol. The summed E-state index contributed by atoms with van der Waals surface area (Å²) in [4.78, 5) is 19.8. The fourth-order valence-electron chi connectivity index (χ4n) is 4.59. The third kappa shape index (κ3) is 5.57. The number of piperidine rings is 1. The number of amides is 1. The van der Waals surface area contributed by atoms with Gasteiger partial charge < -0.3 is 10.1 Å². The van der Waals surface area contributed by atoms with E-state index in [0.717, 1.165) is 17.4 Å². The first kappa shape index (κ1) is 25.0. The fraction of sp³-hybridized carbons (Fsp3) is 0.619. The predicted octanol–water partition coefficient (Wildman–Crippen LogP) is 4.15. The maximum absolute atomic E-state index is 13.7. The Labute approximate surface area is 195 Å². The summed E-state index contributed by atoms with van der Waals surface area (Å²) in [5.41, 5.74) is -0.902. The first-order valence-corrected chi connectivity index (χ1v) is 11.7. The second-order valence-electron chi connectivity index (χ2n) is 8.56. The van der Waals surface area contributed by atoms with Crippen molar-refractivity contribution in [3.63, 3.8) is 0 Å². The molecule has 2 fully saturated rings. The fourth-order valence-corrected chi connectivity index (χ4v) is 5.61. The molecule has 2 aliphatic rings. The molecule has 0 bridgehead atoms.